The summed E-state index contributed by atoms with van der Waals surface area (Å²) in [5, 5.41) is 7.63. The van der Waals surface area contributed by atoms with E-state index in [0.717, 1.165) is 17.3 Å². The number of hydrogen-bond acceptors (Lipinski definition) is 6. The van der Waals surface area contributed by atoms with Gasteiger partial charge in [0.15, 0.2) is 0 Å². The SMILES string of the molecule is NS(=O)(=O)c1ccc(NC(=O)CN2C(=O)/C(=C/c3ccccc3)SC2=S)cc1. The molecule has 0 bridgehead atoms. The molecule has 0 aliphatic carbocycles. The number of nitrogens with two attached hydrogens (primary N) is 1. The van der Waals surface area contributed by atoms with Crippen molar-refractivity contribution in [2.75, 3.05) is 11.9 Å². The lowest BCUT2D eigenvalue weighted by molar-refractivity contribution is -0.126. The van der Waals surface area contributed by atoms with Crippen molar-refractivity contribution >= 4 is 61.9 Å². The van der Waals surface area contributed by atoms with Crippen molar-refractivity contribution < 1.29 is 18.0 Å². The Bertz CT molecular complexity index is 1070. The molecule has 1 aliphatic heterocycles. The molecular weight excluding hydrogens is 418 g/mol. The quantitative estimate of drug-likeness (QED) is 0.552. The largest absolute Gasteiger partial charge is 0.325 e. The predicted molar refractivity (Wildman–Crippen MR) is 113 cm³/mol. The van der Waals surface area contributed by atoms with Crippen LogP contribution in [0.15, 0.2) is 64.4 Å². The molecule has 1 saturated heterocycles. The molecule has 28 heavy (non-hydrogen) atoms. The molecule has 0 saturated carbocycles. The highest BCUT2D eigenvalue weighted by Gasteiger charge is 2.33. The zero-order chi connectivity index (χ0) is 20.3. The Morgan fingerprint density at radius 2 is 1.79 bits per heavy atom. The van der Waals surface area contributed by atoms with Crippen molar-refractivity contribution in [3.8, 4) is 0 Å². The number of thiocarbonyl (C=S) groups is 1. The first-order valence-electron chi connectivity index (χ1n) is 7.97. The summed E-state index contributed by atoms with van der Waals surface area (Å²) in [6.07, 6.45) is 1.73. The Morgan fingerprint density at radius 1 is 1.14 bits per heavy atom. The van der Waals surface area contributed by atoms with Gasteiger partial charge in [0.1, 0.15) is 10.9 Å². The minimum Gasteiger partial charge on any atom is -0.325 e. The summed E-state index contributed by atoms with van der Waals surface area (Å²) in [6, 6.07) is 14.7. The van der Waals surface area contributed by atoms with Crippen molar-refractivity contribution in [1.29, 1.82) is 0 Å². The number of carbonyl (C=O) groups excluding carboxylic acids is 2. The summed E-state index contributed by atoms with van der Waals surface area (Å²) in [4.78, 5) is 26.4. The molecule has 0 radical (unpaired) electrons. The fourth-order valence-corrected chi connectivity index (χ4v) is 4.18. The minimum atomic E-state index is -3.80. The average molecular weight is 434 g/mol. The molecule has 3 rings (SSSR count). The topological polar surface area (TPSA) is 110 Å². The lowest BCUT2D eigenvalue weighted by atomic mass is 10.2. The van der Waals surface area contributed by atoms with Gasteiger partial charge in [-0.05, 0) is 35.9 Å². The zero-order valence-corrected chi connectivity index (χ0v) is 16.8. The van der Waals surface area contributed by atoms with Crippen LogP contribution in [0.1, 0.15) is 5.56 Å². The van der Waals surface area contributed by atoms with E-state index < -0.39 is 15.9 Å². The molecule has 3 N–H and O–H groups in total. The Morgan fingerprint density at radius 3 is 2.39 bits per heavy atom. The summed E-state index contributed by atoms with van der Waals surface area (Å²) in [6.45, 7) is -0.242. The van der Waals surface area contributed by atoms with Crippen LogP contribution in [-0.2, 0) is 19.6 Å². The van der Waals surface area contributed by atoms with Crippen molar-refractivity contribution in [3.63, 3.8) is 0 Å². The number of sulfonamides is 1. The Hall–Kier alpha value is -2.53. The van der Waals surface area contributed by atoms with Gasteiger partial charge in [-0.3, -0.25) is 14.5 Å². The number of nitrogens with one attached hydrogen (secondary N) is 1. The first-order valence-corrected chi connectivity index (χ1v) is 10.7. The van der Waals surface area contributed by atoms with Crippen LogP contribution in [0.2, 0.25) is 0 Å². The third-order valence-electron chi connectivity index (χ3n) is 3.74. The number of benzene rings is 2. The van der Waals surface area contributed by atoms with Crippen molar-refractivity contribution in [1.82, 2.24) is 4.90 Å². The first kappa shape index (κ1) is 20.2. The first-order chi connectivity index (χ1) is 13.2. The molecule has 0 unspecified atom stereocenters. The van der Waals surface area contributed by atoms with E-state index in [2.05, 4.69) is 5.32 Å². The number of amides is 2. The number of primary sulfonamides is 1. The van der Waals surface area contributed by atoms with Gasteiger partial charge >= 0.3 is 0 Å². The van der Waals surface area contributed by atoms with Crippen LogP contribution in [0.5, 0.6) is 0 Å². The molecule has 1 fully saturated rings. The Labute approximate surface area is 171 Å². The zero-order valence-electron chi connectivity index (χ0n) is 14.4. The number of nitrogens with zero attached hydrogens (tertiary/aromatic N) is 1. The summed E-state index contributed by atoms with van der Waals surface area (Å²) in [7, 11) is -3.80. The van der Waals surface area contributed by atoms with Crippen molar-refractivity contribution in [2.24, 2.45) is 5.14 Å². The summed E-state index contributed by atoms with van der Waals surface area (Å²) < 4.78 is 22.8. The van der Waals surface area contributed by atoms with Crippen LogP contribution in [0.3, 0.4) is 0 Å². The smallest absolute Gasteiger partial charge is 0.266 e. The number of hydrogen-bond donors (Lipinski definition) is 2. The summed E-state index contributed by atoms with van der Waals surface area (Å²) >= 11 is 6.36. The second kappa shape index (κ2) is 8.23. The Kier molecular flexibility index (Phi) is 5.94. The van der Waals surface area contributed by atoms with E-state index in [9.17, 15) is 18.0 Å². The van der Waals surface area contributed by atoms with Crippen LogP contribution >= 0.6 is 24.0 Å². The van der Waals surface area contributed by atoms with Gasteiger partial charge in [-0.1, -0.05) is 54.3 Å². The van der Waals surface area contributed by atoms with Gasteiger partial charge in [0, 0.05) is 5.69 Å². The van der Waals surface area contributed by atoms with E-state index in [1.807, 2.05) is 30.3 Å². The van der Waals surface area contributed by atoms with Crippen LogP contribution in [0, 0.1) is 0 Å². The van der Waals surface area contributed by atoms with Crippen LogP contribution in [-0.4, -0.2) is 36.0 Å². The third kappa shape index (κ3) is 4.84. The van der Waals surface area contributed by atoms with Gasteiger partial charge in [-0.25, -0.2) is 13.6 Å². The number of thioether (sulfide) groups is 1. The standard InChI is InChI=1S/C18H15N3O4S3/c19-28(24,25)14-8-6-13(7-9-14)20-16(22)11-21-17(23)15(27-18(21)26)10-12-4-2-1-3-5-12/h1-10H,11H2,(H,20,22)(H2,19,24,25)/b15-10-. The van der Waals surface area contributed by atoms with E-state index in [-0.39, 0.29) is 17.3 Å². The number of rotatable bonds is 5. The molecule has 10 heteroatoms. The monoisotopic (exact) mass is 433 g/mol. The van der Waals surface area contributed by atoms with Crippen LogP contribution < -0.4 is 10.5 Å². The maximum atomic E-state index is 12.6. The molecule has 2 aromatic rings. The Balaban J connectivity index is 1.66. The van der Waals surface area contributed by atoms with E-state index in [4.69, 9.17) is 17.4 Å². The highest BCUT2D eigenvalue weighted by atomic mass is 32.2. The van der Waals surface area contributed by atoms with Gasteiger partial charge in [-0.15, -0.1) is 0 Å². The van der Waals surface area contributed by atoms with Crippen molar-refractivity contribution in [3.05, 3.63) is 65.1 Å². The van der Waals surface area contributed by atoms with E-state index in [0.29, 0.717) is 14.9 Å². The molecule has 7 nitrogen and oxygen atoms in total. The molecule has 144 valence electrons. The number of anilines is 1. The maximum Gasteiger partial charge on any atom is 0.266 e. The molecule has 1 heterocycles. The van der Waals surface area contributed by atoms with Gasteiger partial charge < -0.3 is 5.32 Å². The van der Waals surface area contributed by atoms with Gasteiger partial charge in [0.2, 0.25) is 15.9 Å². The molecular formula is C18H15N3O4S3. The van der Waals surface area contributed by atoms with E-state index >= 15 is 0 Å². The highest BCUT2D eigenvalue weighted by Crippen LogP contribution is 2.32. The number of carbonyl (C=O) groups is 2. The van der Waals surface area contributed by atoms with Crippen LogP contribution in [0.4, 0.5) is 5.69 Å². The normalized spacial score (nSPS) is 15.9. The van der Waals surface area contributed by atoms with E-state index in [1.54, 1.807) is 6.08 Å². The lowest BCUT2D eigenvalue weighted by Crippen LogP contribution is -2.36. The second-order valence-electron chi connectivity index (χ2n) is 5.80. The molecule has 0 atom stereocenters. The van der Waals surface area contributed by atoms with Crippen molar-refractivity contribution in [2.45, 2.75) is 4.90 Å². The van der Waals surface area contributed by atoms with Gasteiger partial charge in [0.05, 0.1) is 9.80 Å². The molecule has 2 amide bonds. The molecule has 0 aromatic heterocycles. The molecule has 2 aromatic carbocycles. The fourth-order valence-electron chi connectivity index (χ4n) is 2.41. The van der Waals surface area contributed by atoms with Gasteiger partial charge in [-0.2, -0.15) is 0 Å². The molecule has 0 spiro atoms. The third-order valence-corrected chi connectivity index (χ3v) is 6.05. The minimum absolute atomic E-state index is 0.0616. The predicted octanol–water partition coefficient (Wildman–Crippen LogP) is 2.17. The second-order valence-corrected chi connectivity index (χ2v) is 9.03. The summed E-state index contributed by atoms with van der Waals surface area (Å²) in [5.74, 6) is -0.792. The van der Waals surface area contributed by atoms with E-state index in [1.165, 1.54) is 29.2 Å². The molecule has 1 aliphatic rings. The average Bonchev–Trinajstić information content (AvgIpc) is 2.90. The maximum absolute atomic E-state index is 12.6. The lowest BCUT2D eigenvalue weighted by Gasteiger charge is -2.14. The fraction of sp³-hybridized carbons (Fsp3) is 0.0556. The van der Waals surface area contributed by atoms with Crippen LogP contribution in [0.25, 0.3) is 6.08 Å². The highest BCUT2D eigenvalue weighted by molar-refractivity contribution is 8.26. The summed E-state index contributed by atoms with van der Waals surface area (Å²) in [5.41, 5.74) is 1.24. The van der Waals surface area contributed by atoms with Gasteiger partial charge in [0.25, 0.3) is 5.91 Å².